The Kier molecular flexibility index (Phi) is 3.69. The molecule has 1 aliphatic rings. The van der Waals surface area contributed by atoms with E-state index in [9.17, 15) is 4.79 Å². The molecule has 0 radical (unpaired) electrons. The number of aliphatic carboxylic acids is 1. The van der Waals surface area contributed by atoms with Gasteiger partial charge in [0.15, 0.2) is 0 Å². The highest BCUT2D eigenvalue weighted by molar-refractivity contribution is 5.69. The third-order valence-electron chi connectivity index (χ3n) is 2.73. The second-order valence-corrected chi connectivity index (χ2v) is 3.87. The Morgan fingerprint density at radius 1 is 1.62 bits per heavy atom. The Balaban J connectivity index is 2.26. The highest BCUT2D eigenvalue weighted by atomic mass is 16.4. The third kappa shape index (κ3) is 3.32. The molecule has 0 aromatic rings. The SMILES string of the molecule is CC(N)C1CCN(CC(=O)O)CC1. The molecule has 1 heterocycles. The zero-order valence-corrected chi connectivity index (χ0v) is 8.07. The van der Waals surface area contributed by atoms with Crippen molar-refractivity contribution >= 4 is 5.97 Å². The number of hydrogen-bond donors (Lipinski definition) is 2. The molecule has 13 heavy (non-hydrogen) atoms. The summed E-state index contributed by atoms with van der Waals surface area (Å²) in [5.41, 5.74) is 5.78. The zero-order chi connectivity index (χ0) is 9.84. The van der Waals surface area contributed by atoms with E-state index < -0.39 is 5.97 Å². The van der Waals surface area contributed by atoms with E-state index in [2.05, 4.69) is 0 Å². The summed E-state index contributed by atoms with van der Waals surface area (Å²) in [6.07, 6.45) is 2.07. The van der Waals surface area contributed by atoms with Crippen molar-refractivity contribution in [3.05, 3.63) is 0 Å². The third-order valence-corrected chi connectivity index (χ3v) is 2.73. The highest BCUT2D eigenvalue weighted by Gasteiger charge is 2.22. The first-order chi connectivity index (χ1) is 6.09. The summed E-state index contributed by atoms with van der Waals surface area (Å²) in [7, 11) is 0. The largest absolute Gasteiger partial charge is 0.480 e. The minimum Gasteiger partial charge on any atom is -0.480 e. The van der Waals surface area contributed by atoms with Gasteiger partial charge in [-0.3, -0.25) is 9.69 Å². The molecule has 1 saturated heterocycles. The number of piperidine rings is 1. The first-order valence-corrected chi connectivity index (χ1v) is 4.79. The fraction of sp³-hybridized carbons (Fsp3) is 0.889. The highest BCUT2D eigenvalue weighted by Crippen LogP contribution is 2.18. The van der Waals surface area contributed by atoms with Crippen LogP contribution >= 0.6 is 0 Å². The van der Waals surface area contributed by atoms with Crippen LogP contribution in [0.15, 0.2) is 0 Å². The lowest BCUT2D eigenvalue weighted by molar-refractivity contribution is -0.138. The van der Waals surface area contributed by atoms with Crippen LogP contribution in [0.25, 0.3) is 0 Å². The smallest absolute Gasteiger partial charge is 0.317 e. The monoisotopic (exact) mass is 186 g/mol. The quantitative estimate of drug-likeness (QED) is 0.657. The maximum atomic E-state index is 10.4. The van der Waals surface area contributed by atoms with E-state index in [1.807, 2.05) is 11.8 Å². The molecular weight excluding hydrogens is 168 g/mol. The van der Waals surface area contributed by atoms with E-state index in [1.54, 1.807) is 0 Å². The average Bonchev–Trinajstić information content (AvgIpc) is 2.04. The lowest BCUT2D eigenvalue weighted by atomic mass is 9.91. The van der Waals surface area contributed by atoms with Crippen molar-refractivity contribution in [2.24, 2.45) is 11.7 Å². The minimum absolute atomic E-state index is 0.172. The molecule has 1 rings (SSSR count). The summed E-state index contributed by atoms with van der Waals surface area (Å²) < 4.78 is 0. The molecule has 1 aliphatic heterocycles. The summed E-state index contributed by atoms with van der Waals surface area (Å²) in [4.78, 5) is 12.4. The first kappa shape index (κ1) is 10.5. The standard InChI is InChI=1S/C9H18N2O2/c1-7(10)8-2-4-11(5-3-8)6-9(12)13/h7-8H,2-6,10H2,1H3,(H,12,13). The van der Waals surface area contributed by atoms with Crippen LogP contribution in [0.2, 0.25) is 0 Å². The summed E-state index contributed by atoms with van der Waals surface area (Å²) in [5, 5.41) is 8.57. The van der Waals surface area contributed by atoms with Crippen LogP contribution < -0.4 is 5.73 Å². The Morgan fingerprint density at radius 3 is 2.54 bits per heavy atom. The van der Waals surface area contributed by atoms with Crippen LogP contribution in [0.1, 0.15) is 19.8 Å². The Morgan fingerprint density at radius 2 is 2.15 bits per heavy atom. The summed E-state index contributed by atoms with van der Waals surface area (Å²) in [6.45, 7) is 3.94. The van der Waals surface area contributed by atoms with E-state index in [-0.39, 0.29) is 12.6 Å². The maximum absolute atomic E-state index is 10.4. The summed E-state index contributed by atoms with van der Waals surface area (Å²) >= 11 is 0. The molecule has 4 heteroatoms. The number of hydrogen-bond acceptors (Lipinski definition) is 3. The number of nitrogens with two attached hydrogens (primary N) is 1. The van der Waals surface area contributed by atoms with Gasteiger partial charge in [-0.1, -0.05) is 0 Å². The number of carbonyl (C=O) groups is 1. The summed E-state index contributed by atoms with van der Waals surface area (Å²) in [5.74, 6) is -0.163. The zero-order valence-electron chi connectivity index (χ0n) is 8.07. The molecule has 0 aromatic heterocycles. The molecule has 76 valence electrons. The summed E-state index contributed by atoms with van der Waals surface area (Å²) in [6, 6.07) is 0.243. The van der Waals surface area contributed by atoms with Crippen LogP contribution in [0.5, 0.6) is 0 Å². The molecule has 0 saturated carbocycles. The van der Waals surface area contributed by atoms with E-state index in [0.29, 0.717) is 5.92 Å². The fourth-order valence-corrected chi connectivity index (χ4v) is 1.83. The van der Waals surface area contributed by atoms with Gasteiger partial charge in [-0.2, -0.15) is 0 Å². The van der Waals surface area contributed by atoms with Crippen LogP contribution in [-0.2, 0) is 4.79 Å². The number of rotatable bonds is 3. The predicted octanol–water partition coefficient (Wildman–Crippen LogP) is 0.130. The molecule has 3 N–H and O–H groups in total. The van der Waals surface area contributed by atoms with Gasteiger partial charge in [0.2, 0.25) is 0 Å². The second kappa shape index (κ2) is 4.58. The van der Waals surface area contributed by atoms with Crippen LogP contribution in [-0.4, -0.2) is 41.7 Å². The number of carboxylic acids is 1. The van der Waals surface area contributed by atoms with Gasteiger partial charge >= 0.3 is 5.97 Å². The maximum Gasteiger partial charge on any atom is 0.317 e. The molecule has 4 nitrogen and oxygen atoms in total. The molecule has 1 fully saturated rings. The van der Waals surface area contributed by atoms with Crippen molar-refractivity contribution in [3.8, 4) is 0 Å². The van der Waals surface area contributed by atoms with Crippen molar-refractivity contribution in [2.75, 3.05) is 19.6 Å². The first-order valence-electron chi connectivity index (χ1n) is 4.79. The van der Waals surface area contributed by atoms with Gasteiger partial charge in [-0.05, 0) is 38.8 Å². The van der Waals surface area contributed by atoms with E-state index in [0.717, 1.165) is 25.9 Å². The van der Waals surface area contributed by atoms with Gasteiger partial charge < -0.3 is 10.8 Å². The molecule has 1 unspecified atom stereocenters. The molecule has 1 atom stereocenters. The molecule has 0 bridgehead atoms. The Bertz CT molecular complexity index is 174. The Labute approximate surface area is 78.7 Å². The molecule has 0 aromatic carbocycles. The van der Waals surface area contributed by atoms with Crippen molar-refractivity contribution in [1.82, 2.24) is 4.90 Å². The average molecular weight is 186 g/mol. The van der Waals surface area contributed by atoms with Crippen molar-refractivity contribution in [2.45, 2.75) is 25.8 Å². The van der Waals surface area contributed by atoms with Gasteiger partial charge in [-0.15, -0.1) is 0 Å². The van der Waals surface area contributed by atoms with Crippen LogP contribution in [0.4, 0.5) is 0 Å². The van der Waals surface area contributed by atoms with E-state index in [1.165, 1.54) is 0 Å². The number of nitrogens with zero attached hydrogens (tertiary/aromatic N) is 1. The lowest BCUT2D eigenvalue weighted by Crippen LogP contribution is -2.41. The van der Waals surface area contributed by atoms with Crippen LogP contribution in [0, 0.1) is 5.92 Å². The molecule has 0 amide bonds. The van der Waals surface area contributed by atoms with E-state index in [4.69, 9.17) is 10.8 Å². The van der Waals surface area contributed by atoms with Crippen molar-refractivity contribution < 1.29 is 9.90 Å². The molecule has 0 aliphatic carbocycles. The van der Waals surface area contributed by atoms with Gasteiger partial charge in [0.05, 0.1) is 6.54 Å². The van der Waals surface area contributed by atoms with Gasteiger partial charge in [0.1, 0.15) is 0 Å². The molecule has 0 spiro atoms. The van der Waals surface area contributed by atoms with Gasteiger partial charge in [0, 0.05) is 6.04 Å². The normalized spacial score (nSPS) is 22.9. The Hall–Kier alpha value is -0.610. The fourth-order valence-electron chi connectivity index (χ4n) is 1.83. The predicted molar refractivity (Wildman–Crippen MR) is 50.4 cm³/mol. The molecular formula is C9H18N2O2. The topological polar surface area (TPSA) is 66.6 Å². The van der Waals surface area contributed by atoms with Crippen molar-refractivity contribution in [1.29, 1.82) is 0 Å². The minimum atomic E-state index is -0.737. The van der Waals surface area contributed by atoms with Crippen molar-refractivity contribution in [3.63, 3.8) is 0 Å². The number of likely N-dealkylation sites (tertiary alicyclic amines) is 1. The van der Waals surface area contributed by atoms with Gasteiger partial charge in [0.25, 0.3) is 0 Å². The van der Waals surface area contributed by atoms with Crippen LogP contribution in [0.3, 0.4) is 0 Å². The van der Waals surface area contributed by atoms with E-state index >= 15 is 0 Å². The second-order valence-electron chi connectivity index (χ2n) is 3.87. The lowest BCUT2D eigenvalue weighted by Gasteiger charge is -2.32. The number of carboxylic acid groups (broad SMARTS) is 1. The van der Waals surface area contributed by atoms with Gasteiger partial charge in [-0.25, -0.2) is 0 Å².